The van der Waals surface area contributed by atoms with E-state index < -0.39 is 0 Å². The Labute approximate surface area is 148 Å². The molecular formula is C18H28N4OS. The van der Waals surface area contributed by atoms with Gasteiger partial charge in [0.25, 0.3) is 0 Å². The van der Waals surface area contributed by atoms with Crippen molar-refractivity contribution < 1.29 is 4.42 Å². The fourth-order valence-electron chi connectivity index (χ4n) is 2.14. The summed E-state index contributed by atoms with van der Waals surface area (Å²) in [4.78, 5) is 10.3. The van der Waals surface area contributed by atoms with Crippen LogP contribution in [-0.2, 0) is 12.0 Å². The van der Waals surface area contributed by atoms with E-state index >= 15 is 0 Å². The molecule has 1 unspecified atom stereocenters. The summed E-state index contributed by atoms with van der Waals surface area (Å²) in [6.07, 6.45) is 1.80. The van der Waals surface area contributed by atoms with Crippen LogP contribution in [0.2, 0.25) is 0 Å². The molecule has 5 nitrogen and oxygen atoms in total. The maximum absolute atomic E-state index is 5.79. The van der Waals surface area contributed by atoms with Crippen molar-refractivity contribution >= 4 is 17.3 Å². The molecule has 0 spiro atoms. The lowest BCUT2D eigenvalue weighted by Gasteiger charge is -2.15. The van der Waals surface area contributed by atoms with Crippen LogP contribution in [-0.4, -0.2) is 24.0 Å². The molecule has 2 heterocycles. The van der Waals surface area contributed by atoms with E-state index in [1.807, 2.05) is 0 Å². The maximum Gasteiger partial charge on any atom is 0.216 e. The Balaban J connectivity index is 1.94. The molecule has 6 heteroatoms. The van der Waals surface area contributed by atoms with Crippen LogP contribution in [0.15, 0.2) is 33.1 Å². The first kappa shape index (κ1) is 18.5. The number of hydrogen-bond donors (Lipinski definition) is 2. The molecule has 24 heavy (non-hydrogen) atoms. The summed E-state index contributed by atoms with van der Waals surface area (Å²) in [6.45, 7) is 12.7. The van der Waals surface area contributed by atoms with Crippen LogP contribution in [0.5, 0.6) is 0 Å². The Morgan fingerprint density at radius 1 is 1.38 bits per heavy atom. The largest absolute Gasteiger partial charge is 0.443 e. The lowest BCUT2D eigenvalue weighted by Crippen LogP contribution is -2.39. The molecular weight excluding hydrogens is 320 g/mol. The van der Waals surface area contributed by atoms with Gasteiger partial charge in [-0.05, 0) is 18.4 Å². The number of rotatable bonds is 6. The van der Waals surface area contributed by atoms with Crippen molar-refractivity contribution in [3.8, 4) is 0 Å². The van der Waals surface area contributed by atoms with Gasteiger partial charge in [0.15, 0.2) is 5.96 Å². The van der Waals surface area contributed by atoms with E-state index in [1.54, 1.807) is 17.5 Å². The topological polar surface area (TPSA) is 62.5 Å². The van der Waals surface area contributed by atoms with Gasteiger partial charge in [0.2, 0.25) is 5.89 Å². The number of hydrogen-bond acceptors (Lipinski definition) is 4. The minimum atomic E-state index is -0.0339. The summed E-state index contributed by atoms with van der Waals surface area (Å²) in [5.41, 5.74) is -0.0339. The highest BCUT2D eigenvalue weighted by molar-refractivity contribution is 7.10. The van der Waals surface area contributed by atoms with Crippen LogP contribution >= 0.6 is 11.3 Å². The van der Waals surface area contributed by atoms with Gasteiger partial charge in [-0.2, -0.15) is 0 Å². The van der Waals surface area contributed by atoms with Crippen molar-refractivity contribution in [3.63, 3.8) is 0 Å². The van der Waals surface area contributed by atoms with Gasteiger partial charge in [0.1, 0.15) is 12.3 Å². The Bertz CT molecular complexity index is 640. The zero-order valence-electron chi connectivity index (χ0n) is 15.2. The van der Waals surface area contributed by atoms with Gasteiger partial charge in [-0.25, -0.2) is 9.98 Å². The number of oxazole rings is 1. The third-order valence-electron chi connectivity index (χ3n) is 3.61. The second kappa shape index (κ2) is 8.33. The van der Waals surface area contributed by atoms with E-state index in [0.29, 0.717) is 18.4 Å². The molecule has 0 saturated carbocycles. The fourth-order valence-corrected chi connectivity index (χ4v) is 2.93. The molecule has 0 bridgehead atoms. The quantitative estimate of drug-likeness (QED) is 0.614. The third-order valence-corrected chi connectivity index (χ3v) is 4.72. The van der Waals surface area contributed by atoms with Gasteiger partial charge < -0.3 is 15.1 Å². The minimum Gasteiger partial charge on any atom is -0.443 e. The molecule has 0 aliphatic heterocycles. The van der Waals surface area contributed by atoms with E-state index in [9.17, 15) is 0 Å². The number of aliphatic imine (C=N–C) groups is 1. The molecule has 0 radical (unpaired) electrons. The van der Waals surface area contributed by atoms with Gasteiger partial charge in [-0.3, -0.25) is 0 Å². The Kier molecular flexibility index (Phi) is 6.43. The molecule has 2 N–H and O–H groups in total. The van der Waals surface area contributed by atoms with Crippen LogP contribution in [0.4, 0.5) is 0 Å². The predicted molar refractivity (Wildman–Crippen MR) is 101 cm³/mol. The van der Waals surface area contributed by atoms with Crippen LogP contribution in [0.25, 0.3) is 0 Å². The Morgan fingerprint density at radius 3 is 2.75 bits per heavy atom. The van der Waals surface area contributed by atoms with Crippen molar-refractivity contribution in [3.05, 3.63) is 40.2 Å². The molecule has 2 aromatic rings. The Hall–Kier alpha value is -1.82. The molecule has 0 aromatic carbocycles. The second-order valence-electron chi connectivity index (χ2n) is 6.86. The average molecular weight is 349 g/mol. The first-order chi connectivity index (χ1) is 11.4. The standard InChI is InChI=1S/C18H28N4OS/c1-6-19-17(21-10-13(2)14-8-7-9-24-14)22-12-16-20-11-15(23-16)18(3,4)5/h7-9,11,13H,6,10,12H2,1-5H3,(H2,19,21,22). The van der Waals surface area contributed by atoms with Gasteiger partial charge in [0, 0.05) is 29.3 Å². The zero-order chi connectivity index (χ0) is 17.6. The van der Waals surface area contributed by atoms with E-state index in [-0.39, 0.29) is 5.41 Å². The van der Waals surface area contributed by atoms with Crippen molar-refractivity contribution in [2.45, 2.75) is 52.5 Å². The van der Waals surface area contributed by atoms with Gasteiger partial charge in [-0.1, -0.05) is 33.8 Å². The first-order valence-corrected chi connectivity index (χ1v) is 9.29. The minimum absolute atomic E-state index is 0.0339. The van der Waals surface area contributed by atoms with Gasteiger partial charge in [0.05, 0.1) is 6.20 Å². The highest BCUT2D eigenvalue weighted by Crippen LogP contribution is 2.23. The average Bonchev–Trinajstić information content (AvgIpc) is 3.20. The van der Waals surface area contributed by atoms with Gasteiger partial charge in [-0.15, -0.1) is 11.3 Å². The van der Waals surface area contributed by atoms with Crippen LogP contribution in [0.1, 0.15) is 57.1 Å². The predicted octanol–water partition coefficient (Wildman–Crippen LogP) is 3.89. The molecule has 0 aliphatic rings. The number of nitrogens with one attached hydrogen (secondary N) is 2. The van der Waals surface area contributed by atoms with Gasteiger partial charge >= 0.3 is 0 Å². The highest BCUT2D eigenvalue weighted by Gasteiger charge is 2.19. The SMILES string of the molecule is CCNC(=NCc1ncc(C(C)(C)C)o1)NCC(C)c1cccs1. The van der Waals surface area contributed by atoms with E-state index in [1.165, 1.54) is 4.88 Å². The molecule has 0 fully saturated rings. The Morgan fingerprint density at radius 2 is 2.17 bits per heavy atom. The van der Waals surface area contributed by atoms with E-state index in [0.717, 1.165) is 24.8 Å². The number of thiophene rings is 1. The summed E-state index contributed by atoms with van der Waals surface area (Å²) in [7, 11) is 0. The summed E-state index contributed by atoms with van der Waals surface area (Å²) < 4.78 is 5.79. The lowest BCUT2D eigenvalue weighted by atomic mass is 9.94. The summed E-state index contributed by atoms with van der Waals surface area (Å²) >= 11 is 1.79. The summed E-state index contributed by atoms with van der Waals surface area (Å²) in [5.74, 6) is 2.76. The number of aromatic nitrogens is 1. The van der Waals surface area contributed by atoms with Crippen molar-refractivity contribution in [2.75, 3.05) is 13.1 Å². The highest BCUT2D eigenvalue weighted by atomic mass is 32.1. The van der Waals surface area contributed by atoms with Crippen molar-refractivity contribution in [1.82, 2.24) is 15.6 Å². The van der Waals surface area contributed by atoms with Crippen molar-refractivity contribution in [1.29, 1.82) is 0 Å². The molecule has 0 aliphatic carbocycles. The molecule has 132 valence electrons. The molecule has 0 saturated heterocycles. The van der Waals surface area contributed by atoms with Crippen LogP contribution in [0, 0.1) is 0 Å². The zero-order valence-corrected chi connectivity index (χ0v) is 16.0. The third kappa shape index (κ3) is 5.37. The number of nitrogens with zero attached hydrogens (tertiary/aromatic N) is 2. The second-order valence-corrected chi connectivity index (χ2v) is 7.84. The maximum atomic E-state index is 5.79. The lowest BCUT2D eigenvalue weighted by molar-refractivity contribution is 0.383. The first-order valence-electron chi connectivity index (χ1n) is 8.41. The fraction of sp³-hybridized carbons (Fsp3) is 0.556. The molecule has 2 rings (SSSR count). The van der Waals surface area contributed by atoms with E-state index in [2.05, 4.69) is 72.7 Å². The summed E-state index contributed by atoms with van der Waals surface area (Å²) in [5, 5.41) is 8.77. The smallest absolute Gasteiger partial charge is 0.216 e. The molecule has 0 amide bonds. The number of guanidine groups is 1. The van der Waals surface area contributed by atoms with Crippen molar-refractivity contribution in [2.24, 2.45) is 4.99 Å². The van der Waals surface area contributed by atoms with Crippen LogP contribution in [0.3, 0.4) is 0 Å². The molecule has 1 atom stereocenters. The van der Waals surface area contributed by atoms with Crippen LogP contribution < -0.4 is 10.6 Å². The monoisotopic (exact) mass is 348 g/mol. The van der Waals surface area contributed by atoms with E-state index in [4.69, 9.17) is 4.42 Å². The summed E-state index contributed by atoms with van der Waals surface area (Å²) in [6, 6.07) is 4.26. The molecule has 2 aromatic heterocycles. The normalized spacial score (nSPS) is 13.8.